The van der Waals surface area contributed by atoms with E-state index in [0.717, 1.165) is 54.9 Å². The molecule has 0 aliphatic carbocycles. The average molecular weight is 652 g/mol. The number of benzene rings is 2. The predicted molar refractivity (Wildman–Crippen MR) is 154 cm³/mol. The number of thiocarbonyl (C=S) groups is 1. The maximum Gasteiger partial charge on any atom is 0.323 e. The first-order valence-corrected chi connectivity index (χ1v) is 13.8. The van der Waals surface area contributed by atoms with E-state index in [-0.39, 0.29) is 11.8 Å². The number of carbonyl (C=O) groups is 1. The highest BCUT2D eigenvalue weighted by Gasteiger charge is 2.17. The number of methoxy groups -OCH3 is 1. The Balaban J connectivity index is 0.000000324. The molecule has 2 aromatic carbocycles. The molecule has 3 N–H and O–H groups in total. The zero-order valence-corrected chi connectivity index (χ0v) is 25.5. The Morgan fingerprint density at radius 2 is 1.49 bits per heavy atom. The first-order valence-electron chi connectivity index (χ1n) is 10.2. The summed E-state index contributed by atoms with van der Waals surface area (Å²) in [5, 5.41) is 10.5. The maximum atomic E-state index is 11.3. The SMILES string of the molecule is CC(N)=S.COOSc1ccc(-c2sc(C)nc2O)cc1.COOSc1ccc(C(Br)C(=O)OC)cc1. The Morgan fingerprint density at radius 3 is 1.86 bits per heavy atom. The molecular formula is C23H27BrN2O7S4. The highest BCUT2D eigenvalue weighted by Crippen LogP contribution is 2.35. The minimum atomic E-state index is -0.445. The largest absolute Gasteiger partial charge is 0.492 e. The molecule has 0 aliphatic rings. The number of halogens is 1. The van der Waals surface area contributed by atoms with E-state index in [4.69, 9.17) is 14.4 Å². The van der Waals surface area contributed by atoms with E-state index >= 15 is 0 Å². The summed E-state index contributed by atoms with van der Waals surface area (Å²) in [4.78, 5) is 26.8. The van der Waals surface area contributed by atoms with Gasteiger partial charge in [0.2, 0.25) is 5.88 Å². The van der Waals surface area contributed by atoms with Gasteiger partial charge in [0.05, 0.1) is 60.3 Å². The minimum Gasteiger partial charge on any atom is -0.492 e. The van der Waals surface area contributed by atoms with Crippen LogP contribution in [-0.4, -0.2) is 42.4 Å². The van der Waals surface area contributed by atoms with Crippen molar-refractivity contribution in [3.8, 4) is 16.3 Å². The minimum absolute atomic E-state index is 0.0843. The third-order valence-electron chi connectivity index (χ3n) is 3.81. The number of alkyl halides is 1. The predicted octanol–water partition coefficient (Wildman–Crippen LogP) is 6.58. The second-order valence-corrected chi connectivity index (χ2v) is 10.9. The molecule has 3 aromatic rings. The number of nitrogens with two attached hydrogens (primary N) is 1. The lowest BCUT2D eigenvalue weighted by molar-refractivity contribution is -0.160. The number of ether oxygens (including phenoxy) is 1. The molecule has 0 amide bonds. The van der Waals surface area contributed by atoms with E-state index in [9.17, 15) is 9.90 Å². The second kappa shape index (κ2) is 18.5. The van der Waals surface area contributed by atoms with Crippen LogP contribution in [-0.2, 0) is 28.0 Å². The molecule has 1 unspecified atom stereocenters. The molecule has 0 saturated heterocycles. The van der Waals surface area contributed by atoms with Crippen molar-refractivity contribution in [2.45, 2.75) is 28.5 Å². The molecule has 3 rings (SSSR count). The van der Waals surface area contributed by atoms with Crippen molar-refractivity contribution >= 4 is 74.5 Å². The molecule has 0 aliphatic heterocycles. The zero-order valence-electron chi connectivity index (χ0n) is 20.6. The average Bonchev–Trinajstić information content (AvgIpc) is 3.23. The first kappa shape index (κ1) is 33.3. The van der Waals surface area contributed by atoms with Crippen molar-refractivity contribution < 1.29 is 33.1 Å². The van der Waals surface area contributed by atoms with Gasteiger partial charge in [0.25, 0.3) is 0 Å². The number of hydrogen-bond acceptors (Lipinski definition) is 12. The van der Waals surface area contributed by atoms with E-state index in [1.165, 1.54) is 32.7 Å². The quantitative estimate of drug-likeness (QED) is 0.0649. The number of esters is 1. The summed E-state index contributed by atoms with van der Waals surface area (Å²) >= 11 is 11.3. The van der Waals surface area contributed by atoms with Crippen molar-refractivity contribution in [2.24, 2.45) is 5.73 Å². The summed E-state index contributed by atoms with van der Waals surface area (Å²) in [7, 11) is 4.25. The number of hydrogen-bond donors (Lipinski definition) is 2. The number of aromatic hydroxyl groups is 1. The Labute approximate surface area is 242 Å². The molecule has 37 heavy (non-hydrogen) atoms. The van der Waals surface area contributed by atoms with Crippen LogP contribution in [0.15, 0.2) is 58.3 Å². The third kappa shape index (κ3) is 13.0. The van der Waals surface area contributed by atoms with Crippen LogP contribution in [0.2, 0.25) is 0 Å². The summed E-state index contributed by atoms with van der Waals surface area (Å²) in [6.07, 6.45) is 0. The molecule has 1 aromatic heterocycles. The van der Waals surface area contributed by atoms with E-state index < -0.39 is 4.83 Å². The highest BCUT2D eigenvalue weighted by molar-refractivity contribution is 9.09. The molecular weight excluding hydrogens is 624 g/mol. The van der Waals surface area contributed by atoms with Gasteiger partial charge in [0, 0.05) is 9.79 Å². The Morgan fingerprint density at radius 1 is 1.03 bits per heavy atom. The van der Waals surface area contributed by atoms with Crippen molar-refractivity contribution in [3.05, 3.63) is 59.1 Å². The molecule has 1 atom stereocenters. The van der Waals surface area contributed by atoms with Gasteiger partial charge in [-0.05, 0) is 49.2 Å². The van der Waals surface area contributed by atoms with Gasteiger partial charge in [0.15, 0.2) is 0 Å². The highest BCUT2D eigenvalue weighted by atomic mass is 79.9. The fourth-order valence-electron chi connectivity index (χ4n) is 2.34. The second-order valence-electron chi connectivity index (χ2n) is 6.61. The lowest BCUT2D eigenvalue weighted by Gasteiger charge is -2.08. The van der Waals surface area contributed by atoms with Crippen LogP contribution in [0.1, 0.15) is 22.3 Å². The van der Waals surface area contributed by atoms with Crippen LogP contribution in [0.5, 0.6) is 5.88 Å². The van der Waals surface area contributed by atoms with Crippen LogP contribution in [0, 0.1) is 6.92 Å². The number of aromatic nitrogens is 1. The first-order chi connectivity index (χ1) is 17.6. The maximum absolute atomic E-state index is 11.3. The van der Waals surface area contributed by atoms with Gasteiger partial charge in [-0.1, -0.05) is 52.4 Å². The lowest BCUT2D eigenvalue weighted by Crippen LogP contribution is -2.07. The topological polar surface area (TPSA) is 122 Å². The van der Waals surface area contributed by atoms with Crippen molar-refractivity contribution in [1.29, 1.82) is 0 Å². The monoisotopic (exact) mass is 650 g/mol. The molecule has 0 bridgehead atoms. The molecule has 0 saturated carbocycles. The van der Waals surface area contributed by atoms with Gasteiger partial charge >= 0.3 is 5.97 Å². The van der Waals surface area contributed by atoms with Crippen molar-refractivity contribution in [1.82, 2.24) is 4.98 Å². The van der Waals surface area contributed by atoms with E-state index in [2.05, 4.69) is 47.6 Å². The number of aryl methyl sites for hydroxylation is 1. The molecule has 0 fully saturated rings. The standard InChI is InChI=1S/C11H11NO3S2.C10H11BrO4S.C2H5NS/c1-7-12-11(13)10(16-7)8-3-5-9(6-4-8)17-15-14-2;1-13-10(12)9(11)7-3-5-8(6-4-7)16-15-14-2;1-2(3)4/h3-6,13H,1-2H3;3-6,9H,1-2H3;1H3,(H2,3,4). The molecule has 9 nitrogen and oxygen atoms in total. The van der Waals surface area contributed by atoms with Crippen LogP contribution < -0.4 is 5.73 Å². The van der Waals surface area contributed by atoms with Gasteiger partial charge in [-0.15, -0.1) is 11.3 Å². The van der Waals surface area contributed by atoms with Crippen LogP contribution >= 0.6 is 63.6 Å². The summed E-state index contributed by atoms with van der Waals surface area (Å²) in [5.74, 6) is -0.241. The van der Waals surface area contributed by atoms with Crippen LogP contribution in [0.3, 0.4) is 0 Å². The molecule has 202 valence electrons. The summed E-state index contributed by atoms with van der Waals surface area (Å²) in [6.45, 7) is 3.54. The number of rotatable bonds is 9. The Bertz CT molecular complexity index is 1100. The lowest BCUT2D eigenvalue weighted by atomic mass is 10.1. The van der Waals surface area contributed by atoms with Crippen molar-refractivity contribution in [2.75, 3.05) is 21.3 Å². The van der Waals surface area contributed by atoms with Gasteiger partial charge in [-0.3, -0.25) is 4.79 Å². The number of thiazole rings is 1. The fourth-order valence-corrected chi connectivity index (χ4v) is 4.44. The zero-order chi connectivity index (χ0) is 27.8. The third-order valence-corrected chi connectivity index (χ3v) is 7.06. The molecule has 1 heterocycles. The van der Waals surface area contributed by atoms with Gasteiger partial charge in [-0.2, -0.15) is 8.67 Å². The summed E-state index contributed by atoms with van der Waals surface area (Å²) in [6, 6.07) is 14.9. The molecule has 0 spiro atoms. The van der Waals surface area contributed by atoms with E-state index in [0.29, 0.717) is 4.99 Å². The number of nitrogens with zero attached hydrogens (tertiary/aromatic N) is 1. The summed E-state index contributed by atoms with van der Waals surface area (Å²) < 4.78 is 14.1. The van der Waals surface area contributed by atoms with Crippen molar-refractivity contribution in [3.63, 3.8) is 0 Å². The normalized spacial score (nSPS) is 10.9. The smallest absolute Gasteiger partial charge is 0.323 e. The van der Waals surface area contributed by atoms with Gasteiger partial charge < -0.3 is 15.6 Å². The van der Waals surface area contributed by atoms with Crippen LogP contribution in [0.4, 0.5) is 0 Å². The Hall–Kier alpha value is -1.75. The number of carbonyl (C=O) groups excluding carboxylic acids is 1. The summed E-state index contributed by atoms with van der Waals surface area (Å²) in [5.41, 5.74) is 6.61. The van der Waals surface area contributed by atoms with E-state index in [1.54, 1.807) is 6.92 Å². The van der Waals surface area contributed by atoms with Gasteiger partial charge in [0.1, 0.15) is 4.83 Å². The molecule has 14 heteroatoms. The van der Waals surface area contributed by atoms with Crippen LogP contribution in [0.25, 0.3) is 10.4 Å². The Kier molecular flexibility index (Phi) is 16.6. The molecule has 0 radical (unpaired) electrons. The fraction of sp³-hybridized carbons (Fsp3) is 0.261. The van der Waals surface area contributed by atoms with E-state index in [1.807, 2.05) is 55.5 Å². The van der Waals surface area contributed by atoms with Gasteiger partial charge in [-0.25, -0.2) is 14.8 Å².